The van der Waals surface area contributed by atoms with Gasteiger partial charge in [0.25, 0.3) is 0 Å². The van der Waals surface area contributed by atoms with Crippen LogP contribution in [0.2, 0.25) is 0 Å². The van der Waals surface area contributed by atoms with Gasteiger partial charge in [-0.25, -0.2) is 9.78 Å². The number of benzene rings is 1. The van der Waals surface area contributed by atoms with Gasteiger partial charge in [0.05, 0.1) is 17.7 Å². The number of hydrogen-bond acceptors (Lipinski definition) is 4. The van der Waals surface area contributed by atoms with E-state index in [0.29, 0.717) is 12.2 Å². The molecule has 0 radical (unpaired) electrons. The summed E-state index contributed by atoms with van der Waals surface area (Å²) in [6.45, 7) is 13.1. The number of allylic oxidation sites excluding steroid dienone is 3. The Hall–Kier alpha value is -2.88. The highest BCUT2D eigenvalue weighted by atomic mass is 16.5. The smallest absolute Gasteiger partial charge is 0.339 e. The molecular formula is C29H38N2O2. The Bertz CT molecular complexity index is 986. The van der Waals surface area contributed by atoms with Gasteiger partial charge in [-0.1, -0.05) is 68.5 Å². The maximum atomic E-state index is 12.4. The molecule has 1 heterocycles. The Balaban J connectivity index is 1.95. The van der Waals surface area contributed by atoms with Crippen LogP contribution in [0.5, 0.6) is 0 Å². The van der Waals surface area contributed by atoms with Crippen molar-refractivity contribution in [1.82, 2.24) is 4.98 Å². The largest absolute Gasteiger partial charge is 0.462 e. The van der Waals surface area contributed by atoms with Crippen LogP contribution < -0.4 is 5.32 Å². The number of nitrogens with one attached hydrogen (secondary N) is 1. The number of aromatic nitrogens is 1. The number of esters is 1. The van der Waals surface area contributed by atoms with Gasteiger partial charge in [0.15, 0.2) is 0 Å². The summed E-state index contributed by atoms with van der Waals surface area (Å²) < 4.78 is 5.31. The van der Waals surface area contributed by atoms with Crippen LogP contribution in [0.1, 0.15) is 81.3 Å². The van der Waals surface area contributed by atoms with Crippen LogP contribution in [-0.4, -0.2) is 17.6 Å². The summed E-state index contributed by atoms with van der Waals surface area (Å²) >= 11 is 0. The van der Waals surface area contributed by atoms with Crippen LogP contribution in [-0.2, 0) is 16.7 Å². The Morgan fingerprint density at radius 3 is 2.45 bits per heavy atom. The molecular weight excluding hydrogens is 408 g/mol. The summed E-state index contributed by atoms with van der Waals surface area (Å²) in [5, 5.41) is 3.84. The number of pyridine rings is 1. The van der Waals surface area contributed by atoms with Gasteiger partial charge >= 0.3 is 5.97 Å². The lowest BCUT2D eigenvalue weighted by molar-refractivity contribution is 0.0504. The van der Waals surface area contributed by atoms with Crippen LogP contribution in [0.15, 0.2) is 66.9 Å². The molecule has 1 aromatic carbocycles. The third-order valence-corrected chi connectivity index (χ3v) is 7.04. The normalized spacial score (nSPS) is 22.8. The van der Waals surface area contributed by atoms with Crippen molar-refractivity contribution < 1.29 is 9.53 Å². The molecule has 0 spiro atoms. The lowest BCUT2D eigenvalue weighted by atomic mass is 9.62. The Morgan fingerprint density at radius 1 is 1.18 bits per heavy atom. The van der Waals surface area contributed by atoms with Gasteiger partial charge in [-0.05, 0) is 69.6 Å². The van der Waals surface area contributed by atoms with Crippen LogP contribution in [0, 0.1) is 5.41 Å². The van der Waals surface area contributed by atoms with Gasteiger partial charge < -0.3 is 10.1 Å². The first-order valence-electron chi connectivity index (χ1n) is 12.2. The molecule has 0 unspecified atom stereocenters. The highest BCUT2D eigenvalue weighted by Crippen LogP contribution is 2.51. The molecule has 0 bridgehead atoms. The van der Waals surface area contributed by atoms with Crippen molar-refractivity contribution in [2.24, 2.45) is 5.41 Å². The minimum Gasteiger partial charge on any atom is -0.462 e. The number of aryl methyl sites for hydroxylation is 1. The number of carbonyl (C=O) groups excluding carboxylic acids is 1. The maximum Gasteiger partial charge on any atom is 0.339 e. The first-order valence-corrected chi connectivity index (χ1v) is 12.2. The second-order valence-corrected chi connectivity index (χ2v) is 9.23. The van der Waals surface area contributed by atoms with Crippen LogP contribution >= 0.6 is 0 Å². The molecule has 3 rings (SSSR count). The molecule has 33 heavy (non-hydrogen) atoms. The van der Waals surface area contributed by atoms with Crippen molar-refractivity contribution in [2.75, 3.05) is 11.9 Å². The molecule has 1 fully saturated rings. The number of ether oxygens (including phenoxy) is 1. The van der Waals surface area contributed by atoms with Gasteiger partial charge in [-0.3, -0.25) is 0 Å². The third kappa shape index (κ3) is 5.38. The van der Waals surface area contributed by atoms with E-state index in [1.165, 1.54) is 11.1 Å². The summed E-state index contributed by atoms with van der Waals surface area (Å²) in [4.78, 5) is 17.1. The lowest BCUT2D eigenvalue weighted by Crippen LogP contribution is -2.43. The maximum absolute atomic E-state index is 12.4. The molecule has 0 amide bonds. The third-order valence-electron chi connectivity index (χ3n) is 7.04. The Labute approximate surface area is 199 Å². The van der Waals surface area contributed by atoms with Gasteiger partial charge in [-0.2, -0.15) is 0 Å². The topological polar surface area (TPSA) is 51.2 Å². The van der Waals surface area contributed by atoms with E-state index >= 15 is 0 Å². The molecule has 176 valence electrons. The molecule has 1 N–H and O–H groups in total. The van der Waals surface area contributed by atoms with Crippen molar-refractivity contribution in [1.29, 1.82) is 0 Å². The number of hydrogen-bond donors (Lipinski definition) is 1. The molecule has 0 aliphatic heterocycles. The van der Waals surface area contributed by atoms with Gasteiger partial charge in [0, 0.05) is 11.6 Å². The Morgan fingerprint density at radius 2 is 1.88 bits per heavy atom. The summed E-state index contributed by atoms with van der Waals surface area (Å²) in [6.07, 6.45) is 11.7. The van der Waals surface area contributed by atoms with Crippen molar-refractivity contribution in [3.05, 3.63) is 83.6 Å². The summed E-state index contributed by atoms with van der Waals surface area (Å²) in [6, 6.07) is 12.6. The summed E-state index contributed by atoms with van der Waals surface area (Å²) in [7, 11) is 0. The SMILES string of the molecule is C=C(C)C1(C=CC)CCC(Nc2ncc(C(=O)OCCC)cc2CC)(c2ccccc2)CC1. The summed E-state index contributed by atoms with van der Waals surface area (Å²) in [5.41, 5.74) is 3.87. The van der Waals surface area contributed by atoms with E-state index in [2.05, 4.69) is 75.2 Å². The fraction of sp³-hybridized carbons (Fsp3) is 0.448. The zero-order valence-corrected chi connectivity index (χ0v) is 20.6. The Kier molecular flexibility index (Phi) is 8.12. The molecule has 1 aliphatic carbocycles. The second-order valence-electron chi connectivity index (χ2n) is 9.23. The fourth-order valence-corrected chi connectivity index (χ4v) is 4.93. The molecule has 4 heteroatoms. The predicted molar refractivity (Wildman–Crippen MR) is 136 cm³/mol. The average molecular weight is 447 g/mol. The quantitative estimate of drug-likeness (QED) is 0.326. The van der Waals surface area contributed by atoms with Crippen LogP contribution in [0.25, 0.3) is 0 Å². The summed E-state index contributed by atoms with van der Waals surface area (Å²) in [5.74, 6) is 0.542. The van der Waals surface area contributed by atoms with Gasteiger partial charge in [-0.15, -0.1) is 0 Å². The van der Waals surface area contributed by atoms with E-state index < -0.39 is 0 Å². The molecule has 2 aromatic rings. The fourth-order valence-electron chi connectivity index (χ4n) is 4.93. The molecule has 1 aromatic heterocycles. The standard InChI is InChI=1S/C29H38N2O2/c1-6-14-28(22(4)5)15-17-29(18-16-28,25-12-10-9-11-13-25)31-26-23(8-3)20-24(21-30-26)27(32)33-19-7-2/h6,9-14,20-21H,4,7-8,15-19H2,1-3,5H3,(H,30,31). The van der Waals surface area contributed by atoms with E-state index in [0.717, 1.165) is 49.9 Å². The van der Waals surface area contributed by atoms with Gasteiger partial charge in [0.1, 0.15) is 5.82 Å². The zero-order valence-electron chi connectivity index (χ0n) is 20.6. The van der Waals surface area contributed by atoms with E-state index in [1.54, 1.807) is 6.20 Å². The monoisotopic (exact) mass is 446 g/mol. The minimum absolute atomic E-state index is 0.0443. The zero-order chi connectivity index (χ0) is 23.9. The minimum atomic E-state index is -0.307. The molecule has 0 atom stereocenters. The molecule has 4 nitrogen and oxygen atoms in total. The van der Waals surface area contributed by atoms with E-state index in [1.807, 2.05) is 13.0 Å². The van der Waals surface area contributed by atoms with Crippen molar-refractivity contribution in [3.8, 4) is 0 Å². The van der Waals surface area contributed by atoms with Crippen molar-refractivity contribution in [2.45, 2.75) is 71.8 Å². The van der Waals surface area contributed by atoms with E-state index in [9.17, 15) is 4.79 Å². The first-order chi connectivity index (χ1) is 15.9. The van der Waals surface area contributed by atoms with E-state index in [-0.39, 0.29) is 16.9 Å². The number of carbonyl (C=O) groups is 1. The number of anilines is 1. The highest BCUT2D eigenvalue weighted by molar-refractivity contribution is 5.89. The van der Waals surface area contributed by atoms with E-state index in [4.69, 9.17) is 9.72 Å². The van der Waals surface area contributed by atoms with Crippen LogP contribution in [0.4, 0.5) is 5.82 Å². The first kappa shape index (κ1) is 24.8. The average Bonchev–Trinajstić information content (AvgIpc) is 2.84. The molecule has 1 aliphatic rings. The molecule has 1 saturated carbocycles. The highest BCUT2D eigenvalue weighted by Gasteiger charge is 2.43. The van der Waals surface area contributed by atoms with Crippen LogP contribution in [0.3, 0.4) is 0 Å². The number of rotatable bonds is 9. The van der Waals surface area contributed by atoms with Crippen molar-refractivity contribution >= 4 is 11.8 Å². The second kappa shape index (κ2) is 10.8. The van der Waals surface area contributed by atoms with Crippen molar-refractivity contribution in [3.63, 3.8) is 0 Å². The number of nitrogens with zero attached hydrogens (tertiary/aromatic N) is 1. The van der Waals surface area contributed by atoms with Gasteiger partial charge in [0.2, 0.25) is 0 Å². The molecule has 0 saturated heterocycles. The lowest BCUT2D eigenvalue weighted by Gasteiger charge is -2.47. The predicted octanol–water partition coefficient (Wildman–Crippen LogP) is 7.23.